The van der Waals surface area contributed by atoms with E-state index in [2.05, 4.69) is 0 Å². The lowest BCUT2D eigenvalue weighted by Gasteiger charge is -2.23. The number of Topliss-reactive ketones (excluding diaryl/α,β-unsaturated/α-hetero) is 1. The van der Waals surface area contributed by atoms with Crippen molar-refractivity contribution in [1.82, 2.24) is 4.31 Å². The number of carbonyl (C=O) groups is 1. The molecule has 0 spiro atoms. The maximum absolute atomic E-state index is 12.1. The summed E-state index contributed by atoms with van der Waals surface area (Å²) < 4.78 is 24.4. The van der Waals surface area contributed by atoms with Gasteiger partial charge in [-0.25, -0.2) is 8.42 Å². The quantitative estimate of drug-likeness (QED) is 0.434. The molecule has 0 radical (unpaired) electrons. The summed E-state index contributed by atoms with van der Waals surface area (Å²) in [5.41, 5.74) is -0.266. The van der Waals surface area contributed by atoms with Gasteiger partial charge in [0.25, 0.3) is 5.69 Å². The SMILES string of the molecule is CC(C)N(CCC(=O)c1ccccc1[N+](=O)[O-])S(C)(=O)=O. The van der Waals surface area contributed by atoms with Crippen LogP contribution < -0.4 is 0 Å². The van der Waals surface area contributed by atoms with Crippen LogP contribution in [0.4, 0.5) is 5.69 Å². The molecule has 0 amide bonds. The molecule has 0 aliphatic carbocycles. The Kier molecular flexibility index (Phi) is 5.56. The Balaban J connectivity index is 2.90. The van der Waals surface area contributed by atoms with E-state index in [1.807, 2.05) is 0 Å². The number of ketones is 1. The van der Waals surface area contributed by atoms with Crippen LogP contribution in [0.1, 0.15) is 30.6 Å². The van der Waals surface area contributed by atoms with Gasteiger partial charge in [-0.1, -0.05) is 12.1 Å². The number of nitro groups is 1. The predicted octanol–water partition coefficient (Wildman–Crippen LogP) is 1.84. The zero-order chi connectivity index (χ0) is 16.2. The van der Waals surface area contributed by atoms with Crippen molar-refractivity contribution in [2.45, 2.75) is 26.3 Å². The van der Waals surface area contributed by atoms with Crippen LogP contribution in [0.2, 0.25) is 0 Å². The number of benzene rings is 1. The average Bonchev–Trinajstić information content (AvgIpc) is 2.36. The molecule has 0 fully saturated rings. The first-order valence-electron chi connectivity index (χ1n) is 6.38. The van der Waals surface area contributed by atoms with E-state index in [1.165, 1.54) is 28.6 Å². The molecule has 0 aromatic heterocycles. The third-order valence-corrected chi connectivity index (χ3v) is 4.42. The van der Waals surface area contributed by atoms with Crippen LogP contribution in [0.5, 0.6) is 0 Å². The first kappa shape index (κ1) is 17.3. The van der Waals surface area contributed by atoms with Crippen molar-refractivity contribution in [3.63, 3.8) is 0 Å². The highest BCUT2D eigenvalue weighted by Gasteiger charge is 2.24. The molecule has 0 atom stereocenters. The van der Waals surface area contributed by atoms with Crippen molar-refractivity contribution in [2.75, 3.05) is 12.8 Å². The van der Waals surface area contributed by atoms with E-state index < -0.39 is 20.7 Å². The maximum atomic E-state index is 12.1. The second kappa shape index (κ2) is 6.77. The van der Waals surface area contributed by atoms with Gasteiger partial charge in [-0.3, -0.25) is 14.9 Å². The van der Waals surface area contributed by atoms with E-state index in [0.717, 1.165) is 6.26 Å². The lowest BCUT2D eigenvalue weighted by atomic mass is 10.1. The van der Waals surface area contributed by atoms with E-state index in [1.54, 1.807) is 13.8 Å². The van der Waals surface area contributed by atoms with Crippen LogP contribution >= 0.6 is 0 Å². The van der Waals surface area contributed by atoms with Gasteiger partial charge in [0.1, 0.15) is 0 Å². The molecule has 0 unspecified atom stereocenters. The van der Waals surface area contributed by atoms with Crippen molar-refractivity contribution in [3.8, 4) is 0 Å². The second-order valence-corrected chi connectivity index (χ2v) is 6.85. The summed E-state index contributed by atoms with van der Waals surface area (Å²) in [7, 11) is -3.42. The summed E-state index contributed by atoms with van der Waals surface area (Å²) in [6.45, 7) is 3.41. The van der Waals surface area contributed by atoms with E-state index in [-0.39, 0.29) is 30.3 Å². The first-order valence-corrected chi connectivity index (χ1v) is 8.23. The van der Waals surface area contributed by atoms with Gasteiger partial charge >= 0.3 is 0 Å². The van der Waals surface area contributed by atoms with Crippen molar-refractivity contribution in [1.29, 1.82) is 0 Å². The minimum absolute atomic E-state index is 0.000271. The van der Waals surface area contributed by atoms with Gasteiger partial charge in [0.05, 0.1) is 16.7 Å². The van der Waals surface area contributed by atoms with Crippen LogP contribution in [0, 0.1) is 10.1 Å². The Labute approximate surface area is 123 Å². The third-order valence-electron chi connectivity index (χ3n) is 2.96. The van der Waals surface area contributed by atoms with Gasteiger partial charge in [0.15, 0.2) is 5.78 Å². The molecule has 1 rings (SSSR count). The highest BCUT2D eigenvalue weighted by molar-refractivity contribution is 7.88. The largest absolute Gasteiger partial charge is 0.294 e. The number of hydrogen-bond donors (Lipinski definition) is 0. The van der Waals surface area contributed by atoms with E-state index in [9.17, 15) is 23.3 Å². The normalized spacial score (nSPS) is 11.9. The zero-order valence-corrected chi connectivity index (χ0v) is 13.0. The summed E-state index contributed by atoms with van der Waals surface area (Å²) in [5.74, 6) is -0.448. The van der Waals surface area contributed by atoms with Gasteiger partial charge in [0.2, 0.25) is 10.0 Å². The fourth-order valence-electron chi connectivity index (χ4n) is 2.02. The van der Waals surface area contributed by atoms with Gasteiger partial charge in [-0.05, 0) is 19.9 Å². The number of nitro benzene ring substituents is 1. The number of rotatable bonds is 7. The van der Waals surface area contributed by atoms with Crippen LogP contribution in [-0.2, 0) is 10.0 Å². The molecular weight excluding hydrogens is 296 g/mol. The Morgan fingerprint density at radius 2 is 1.90 bits per heavy atom. The molecule has 7 nitrogen and oxygen atoms in total. The van der Waals surface area contributed by atoms with E-state index in [0.29, 0.717) is 0 Å². The predicted molar refractivity (Wildman–Crippen MR) is 78.7 cm³/mol. The number of sulfonamides is 1. The topological polar surface area (TPSA) is 97.6 Å². The molecule has 1 aromatic carbocycles. The molecule has 0 aliphatic heterocycles. The first-order chi connectivity index (χ1) is 9.64. The smallest absolute Gasteiger partial charge is 0.280 e. The van der Waals surface area contributed by atoms with E-state index >= 15 is 0 Å². The van der Waals surface area contributed by atoms with Crippen LogP contribution in [-0.4, -0.2) is 42.3 Å². The van der Waals surface area contributed by atoms with Crippen LogP contribution in [0.3, 0.4) is 0 Å². The van der Waals surface area contributed by atoms with E-state index in [4.69, 9.17) is 0 Å². The van der Waals surface area contributed by atoms with Crippen LogP contribution in [0.25, 0.3) is 0 Å². The fraction of sp³-hybridized carbons (Fsp3) is 0.462. The molecule has 0 saturated carbocycles. The number of nitrogens with zero attached hydrogens (tertiary/aromatic N) is 2. The molecule has 0 heterocycles. The van der Waals surface area contributed by atoms with Crippen molar-refractivity contribution < 1.29 is 18.1 Å². The highest BCUT2D eigenvalue weighted by atomic mass is 32.2. The average molecular weight is 314 g/mol. The summed E-state index contributed by atoms with van der Waals surface area (Å²) in [6, 6.07) is 5.37. The molecule has 0 bridgehead atoms. The third kappa shape index (κ3) is 4.61. The van der Waals surface area contributed by atoms with Crippen molar-refractivity contribution >= 4 is 21.5 Å². The van der Waals surface area contributed by atoms with Gasteiger partial charge in [-0.15, -0.1) is 0 Å². The molecule has 0 saturated heterocycles. The van der Waals surface area contributed by atoms with Crippen molar-refractivity contribution in [3.05, 3.63) is 39.9 Å². The Morgan fingerprint density at radius 3 is 2.38 bits per heavy atom. The molecule has 0 N–H and O–H groups in total. The molecular formula is C13H18N2O5S. The lowest BCUT2D eigenvalue weighted by Crippen LogP contribution is -2.37. The maximum Gasteiger partial charge on any atom is 0.280 e. The molecule has 8 heteroatoms. The monoisotopic (exact) mass is 314 g/mol. The number of carbonyl (C=O) groups excluding carboxylic acids is 1. The molecule has 1 aromatic rings. The van der Waals surface area contributed by atoms with Crippen LogP contribution in [0.15, 0.2) is 24.3 Å². The second-order valence-electron chi connectivity index (χ2n) is 4.91. The summed E-state index contributed by atoms with van der Waals surface area (Å²) in [5, 5.41) is 10.9. The number of para-hydroxylation sites is 1. The Hall–Kier alpha value is -1.80. The van der Waals surface area contributed by atoms with Gasteiger partial charge in [0, 0.05) is 25.1 Å². The summed E-state index contributed by atoms with van der Waals surface area (Å²) in [4.78, 5) is 22.4. The Bertz CT molecular complexity index is 640. The fourth-order valence-corrected chi connectivity index (χ4v) is 3.21. The minimum Gasteiger partial charge on any atom is -0.294 e. The summed E-state index contributed by atoms with van der Waals surface area (Å²) in [6.07, 6.45) is 0.971. The molecule has 0 aliphatic rings. The zero-order valence-electron chi connectivity index (χ0n) is 12.1. The Morgan fingerprint density at radius 1 is 1.33 bits per heavy atom. The molecule has 116 valence electrons. The summed E-state index contributed by atoms with van der Waals surface area (Å²) >= 11 is 0. The van der Waals surface area contributed by atoms with Gasteiger partial charge < -0.3 is 0 Å². The standard InChI is InChI=1S/C13H18N2O5S/c1-10(2)14(21(3,19)20)9-8-13(16)11-6-4-5-7-12(11)15(17)18/h4-7,10H,8-9H2,1-3H3. The minimum atomic E-state index is -3.42. The number of hydrogen-bond acceptors (Lipinski definition) is 5. The van der Waals surface area contributed by atoms with Crippen molar-refractivity contribution in [2.24, 2.45) is 0 Å². The lowest BCUT2D eigenvalue weighted by molar-refractivity contribution is -0.385. The highest BCUT2D eigenvalue weighted by Crippen LogP contribution is 2.20. The van der Waals surface area contributed by atoms with Gasteiger partial charge in [-0.2, -0.15) is 4.31 Å². The molecule has 21 heavy (non-hydrogen) atoms.